The Bertz CT molecular complexity index is 1580. The van der Waals surface area contributed by atoms with Crippen molar-refractivity contribution in [3.63, 3.8) is 0 Å². The van der Waals surface area contributed by atoms with Gasteiger partial charge in [0.15, 0.2) is 0 Å². The minimum absolute atomic E-state index is 0.197. The van der Waals surface area contributed by atoms with Crippen LogP contribution >= 0.6 is 0 Å². The van der Waals surface area contributed by atoms with Gasteiger partial charge < -0.3 is 10.2 Å². The predicted molar refractivity (Wildman–Crippen MR) is 149 cm³/mol. The zero-order valence-corrected chi connectivity index (χ0v) is 21.3. The molecule has 0 saturated heterocycles. The summed E-state index contributed by atoms with van der Waals surface area (Å²) in [7, 11) is 0. The first kappa shape index (κ1) is 22.7. The summed E-state index contributed by atoms with van der Waals surface area (Å²) >= 11 is 0. The molecule has 0 fully saturated rings. The van der Waals surface area contributed by atoms with Crippen LogP contribution in [0.2, 0.25) is 0 Å². The summed E-state index contributed by atoms with van der Waals surface area (Å²) in [4.78, 5) is 0. The first-order chi connectivity index (χ1) is 17.3. The van der Waals surface area contributed by atoms with E-state index >= 15 is 0 Å². The summed E-state index contributed by atoms with van der Waals surface area (Å²) in [6.07, 6.45) is 0.811. The highest BCUT2D eigenvalue weighted by molar-refractivity contribution is 6.12. The second-order valence-corrected chi connectivity index (χ2v) is 10.9. The molecule has 5 aromatic rings. The number of aromatic hydroxyl groups is 2. The summed E-state index contributed by atoms with van der Waals surface area (Å²) in [5.74, 6) is 1.08. The van der Waals surface area contributed by atoms with E-state index in [1.54, 1.807) is 0 Å². The van der Waals surface area contributed by atoms with Crippen molar-refractivity contribution in [1.29, 1.82) is 0 Å². The fraction of sp³-hybridized carbons (Fsp3) is 0.235. The topological polar surface area (TPSA) is 40.5 Å². The van der Waals surface area contributed by atoms with Crippen LogP contribution in [0, 0.1) is 0 Å². The first-order valence-corrected chi connectivity index (χ1v) is 12.9. The van der Waals surface area contributed by atoms with Crippen molar-refractivity contribution in [2.45, 2.75) is 51.4 Å². The van der Waals surface area contributed by atoms with Crippen molar-refractivity contribution >= 4 is 21.5 Å². The lowest BCUT2D eigenvalue weighted by atomic mass is 9.61. The van der Waals surface area contributed by atoms with Crippen molar-refractivity contribution < 1.29 is 10.2 Å². The van der Waals surface area contributed by atoms with Gasteiger partial charge in [-0.2, -0.15) is 0 Å². The molecule has 1 aliphatic carbocycles. The Morgan fingerprint density at radius 3 is 1.69 bits per heavy atom. The highest BCUT2D eigenvalue weighted by Gasteiger charge is 2.42. The third kappa shape index (κ3) is 3.17. The number of phenols is 2. The molecule has 5 aromatic carbocycles. The Balaban J connectivity index is 1.79. The Labute approximate surface area is 212 Å². The molecule has 0 amide bonds. The maximum atomic E-state index is 10.7. The number of benzene rings is 5. The van der Waals surface area contributed by atoms with E-state index in [0.717, 1.165) is 17.5 Å². The van der Waals surface area contributed by atoms with Gasteiger partial charge in [-0.15, -0.1) is 0 Å². The van der Waals surface area contributed by atoms with E-state index in [1.165, 1.54) is 43.8 Å². The predicted octanol–water partition coefficient (Wildman–Crippen LogP) is 8.54. The standard InChI is InChI=1S/C34H32O2/c1-20(2)27-17-25(13-15-30(27)35)34(26-14-16-31(36)28(18-26)21(3)4)19-24-9-5-7-22-11-12-23-8-6-10-29(34)33(23)32(22)24/h5-18,20-21,35-36H,19H2,1-4H3. The molecule has 2 heteroatoms. The van der Waals surface area contributed by atoms with Crippen molar-refractivity contribution in [1.82, 2.24) is 0 Å². The molecule has 0 aliphatic heterocycles. The van der Waals surface area contributed by atoms with E-state index in [1.807, 2.05) is 12.1 Å². The number of hydrogen-bond acceptors (Lipinski definition) is 2. The van der Waals surface area contributed by atoms with Crippen LogP contribution in [0.5, 0.6) is 11.5 Å². The lowest BCUT2D eigenvalue weighted by Crippen LogP contribution is -2.34. The van der Waals surface area contributed by atoms with Crippen molar-refractivity contribution in [2.24, 2.45) is 0 Å². The fourth-order valence-electron chi connectivity index (χ4n) is 6.36. The van der Waals surface area contributed by atoms with Crippen LogP contribution in [0.15, 0.2) is 84.9 Å². The van der Waals surface area contributed by atoms with Crippen LogP contribution in [-0.4, -0.2) is 10.2 Å². The summed E-state index contributed by atoms with van der Waals surface area (Å²) in [6, 6.07) is 30.1. The van der Waals surface area contributed by atoms with Gasteiger partial charge in [-0.05, 0) is 85.3 Å². The lowest BCUT2D eigenvalue weighted by Gasteiger charge is -2.41. The van der Waals surface area contributed by atoms with Gasteiger partial charge in [0.1, 0.15) is 11.5 Å². The Kier molecular flexibility index (Phi) is 5.12. The second kappa shape index (κ2) is 8.13. The lowest BCUT2D eigenvalue weighted by molar-refractivity contribution is 0.462. The maximum Gasteiger partial charge on any atom is 0.119 e. The van der Waals surface area contributed by atoms with Crippen LogP contribution < -0.4 is 0 Å². The fourth-order valence-corrected chi connectivity index (χ4v) is 6.36. The van der Waals surface area contributed by atoms with Gasteiger partial charge in [0.25, 0.3) is 0 Å². The normalized spacial score (nSPS) is 14.4. The highest BCUT2D eigenvalue weighted by atomic mass is 16.3. The number of phenolic OH excluding ortho intramolecular Hbond substituents is 2. The summed E-state index contributed by atoms with van der Waals surface area (Å²) in [6.45, 7) is 8.50. The third-order valence-corrected chi connectivity index (χ3v) is 8.17. The average molecular weight is 473 g/mol. The molecule has 0 radical (unpaired) electrons. The molecule has 0 heterocycles. The number of hydrogen-bond donors (Lipinski definition) is 2. The van der Waals surface area contributed by atoms with E-state index in [-0.39, 0.29) is 11.8 Å². The van der Waals surface area contributed by atoms with E-state index in [2.05, 4.69) is 100 Å². The Hall–Kier alpha value is -3.78. The van der Waals surface area contributed by atoms with E-state index in [4.69, 9.17) is 0 Å². The monoisotopic (exact) mass is 472 g/mol. The van der Waals surface area contributed by atoms with Crippen LogP contribution in [0.1, 0.15) is 72.9 Å². The van der Waals surface area contributed by atoms with Crippen LogP contribution in [0.25, 0.3) is 21.5 Å². The largest absolute Gasteiger partial charge is 0.508 e. The SMILES string of the molecule is CC(C)c1cc(C2(c3ccc(O)c(C(C)C)c3)Cc3cccc4ccc5cccc2c5c34)ccc1O. The molecular formula is C34H32O2. The minimum atomic E-state index is -0.461. The Morgan fingerprint density at radius 1 is 0.611 bits per heavy atom. The molecular weight excluding hydrogens is 440 g/mol. The van der Waals surface area contributed by atoms with Gasteiger partial charge in [0.05, 0.1) is 0 Å². The average Bonchev–Trinajstić information content (AvgIpc) is 2.87. The first-order valence-electron chi connectivity index (χ1n) is 12.9. The molecule has 0 atom stereocenters. The molecule has 0 spiro atoms. The second-order valence-electron chi connectivity index (χ2n) is 10.9. The number of rotatable bonds is 4. The minimum Gasteiger partial charge on any atom is -0.508 e. The summed E-state index contributed by atoms with van der Waals surface area (Å²) in [5.41, 5.74) is 6.40. The molecule has 0 aromatic heterocycles. The molecule has 2 N–H and O–H groups in total. The van der Waals surface area contributed by atoms with Gasteiger partial charge in [-0.3, -0.25) is 0 Å². The molecule has 36 heavy (non-hydrogen) atoms. The van der Waals surface area contributed by atoms with E-state index < -0.39 is 5.41 Å². The molecule has 6 rings (SSSR count). The van der Waals surface area contributed by atoms with Gasteiger partial charge >= 0.3 is 0 Å². The zero-order chi connectivity index (χ0) is 25.2. The van der Waals surface area contributed by atoms with Crippen molar-refractivity contribution in [3.05, 3.63) is 118 Å². The Morgan fingerprint density at radius 2 is 1.14 bits per heavy atom. The van der Waals surface area contributed by atoms with Gasteiger partial charge in [0.2, 0.25) is 0 Å². The highest BCUT2D eigenvalue weighted by Crippen LogP contribution is 2.52. The summed E-state index contributed by atoms with van der Waals surface area (Å²) in [5, 5.41) is 26.6. The van der Waals surface area contributed by atoms with Crippen molar-refractivity contribution in [2.75, 3.05) is 0 Å². The molecule has 180 valence electrons. The van der Waals surface area contributed by atoms with Gasteiger partial charge in [-0.1, -0.05) is 100 Å². The molecule has 1 aliphatic rings. The quantitative estimate of drug-likeness (QED) is 0.257. The molecule has 2 nitrogen and oxygen atoms in total. The summed E-state index contributed by atoms with van der Waals surface area (Å²) < 4.78 is 0. The van der Waals surface area contributed by atoms with E-state index in [0.29, 0.717) is 11.5 Å². The van der Waals surface area contributed by atoms with E-state index in [9.17, 15) is 10.2 Å². The van der Waals surface area contributed by atoms with Gasteiger partial charge in [0, 0.05) is 5.41 Å². The maximum absolute atomic E-state index is 10.7. The van der Waals surface area contributed by atoms with Gasteiger partial charge in [-0.25, -0.2) is 0 Å². The van der Waals surface area contributed by atoms with Crippen molar-refractivity contribution in [3.8, 4) is 11.5 Å². The third-order valence-electron chi connectivity index (χ3n) is 8.17. The van der Waals surface area contributed by atoms with Crippen LogP contribution in [0.4, 0.5) is 0 Å². The zero-order valence-electron chi connectivity index (χ0n) is 21.3. The smallest absolute Gasteiger partial charge is 0.119 e. The molecule has 0 bridgehead atoms. The molecule has 0 unspecified atom stereocenters. The van der Waals surface area contributed by atoms with Crippen LogP contribution in [-0.2, 0) is 11.8 Å². The van der Waals surface area contributed by atoms with Crippen LogP contribution in [0.3, 0.4) is 0 Å². The molecule has 0 saturated carbocycles.